The first-order chi connectivity index (χ1) is 13.5. The zero-order chi connectivity index (χ0) is 19.7. The van der Waals surface area contributed by atoms with Gasteiger partial charge in [-0.1, -0.05) is 0 Å². The number of nitrogens with one attached hydrogen (secondary N) is 1. The van der Waals surface area contributed by atoms with Crippen LogP contribution in [0.2, 0.25) is 0 Å². The van der Waals surface area contributed by atoms with Crippen LogP contribution in [-0.2, 0) is 16.1 Å². The molecular formula is C21H33N5O2. The normalized spacial score (nSPS) is 24.4. The molecule has 3 aliphatic rings. The molecule has 7 heteroatoms. The van der Waals surface area contributed by atoms with Crippen LogP contribution in [0.1, 0.15) is 50.0 Å². The summed E-state index contributed by atoms with van der Waals surface area (Å²) < 4.78 is 0. The van der Waals surface area contributed by atoms with E-state index in [4.69, 9.17) is 0 Å². The van der Waals surface area contributed by atoms with Crippen molar-refractivity contribution in [1.29, 1.82) is 0 Å². The van der Waals surface area contributed by atoms with Gasteiger partial charge in [-0.05, 0) is 52.0 Å². The molecule has 3 heterocycles. The summed E-state index contributed by atoms with van der Waals surface area (Å²) in [4.78, 5) is 39.1. The predicted octanol–water partition coefficient (Wildman–Crippen LogP) is 1.79. The van der Waals surface area contributed by atoms with E-state index in [1.54, 1.807) is 6.20 Å². The smallest absolute Gasteiger partial charge is 0.227 e. The summed E-state index contributed by atoms with van der Waals surface area (Å²) in [5.74, 6) is 1.83. The number of likely N-dealkylation sites (tertiary alicyclic amines) is 2. The van der Waals surface area contributed by atoms with Gasteiger partial charge < -0.3 is 14.8 Å². The number of rotatable bonds is 5. The molecule has 1 unspecified atom stereocenters. The summed E-state index contributed by atoms with van der Waals surface area (Å²) in [6.45, 7) is 6.19. The molecule has 2 aliphatic heterocycles. The Bertz CT molecular complexity index is 705. The highest BCUT2D eigenvalue weighted by molar-refractivity contribution is 5.81. The van der Waals surface area contributed by atoms with Crippen LogP contribution in [0.15, 0.2) is 6.20 Å². The van der Waals surface area contributed by atoms with Crippen molar-refractivity contribution < 1.29 is 9.59 Å². The molecule has 2 amide bonds. The minimum Gasteiger partial charge on any atom is -0.345 e. The van der Waals surface area contributed by atoms with Crippen molar-refractivity contribution in [3.05, 3.63) is 17.7 Å². The minimum absolute atomic E-state index is 0.0703. The lowest BCUT2D eigenvalue weighted by Gasteiger charge is -2.42. The molecule has 154 valence electrons. The van der Waals surface area contributed by atoms with Gasteiger partial charge in [-0.2, -0.15) is 0 Å². The van der Waals surface area contributed by atoms with Crippen LogP contribution in [-0.4, -0.2) is 75.8 Å². The second kappa shape index (κ2) is 8.23. The maximum absolute atomic E-state index is 13.0. The second-order valence-corrected chi connectivity index (χ2v) is 8.87. The van der Waals surface area contributed by atoms with E-state index in [-0.39, 0.29) is 11.8 Å². The second-order valence-electron chi connectivity index (χ2n) is 8.87. The number of hydrogen-bond acceptors (Lipinski definition) is 4. The van der Waals surface area contributed by atoms with E-state index < -0.39 is 0 Å². The molecule has 28 heavy (non-hydrogen) atoms. The van der Waals surface area contributed by atoms with Crippen molar-refractivity contribution in [3.63, 3.8) is 0 Å². The molecule has 1 aromatic heterocycles. The summed E-state index contributed by atoms with van der Waals surface area (Å²) in [5, 5.41) is 0. The fourth-order valence-corrected chi connectivity index (χ4v) is 4.74. The highest BCUT2D eigenvalue weighted by Gasteiger charge is 2.37. The number of aryl methyl sites for hydroxylation is 1. The number of piperidine rings is 2. The molecule has 1 saturated carbocycles. The van der Waals surface area contributed by atoms with Crippen molar-refractivity contribution in [1.82, 2.24) is 24.7 Å². The van der Waals surface area contributed by atoms with Gasteiger partial charge in [-0.15, -0.1) is 0 Å². The number of aromatic amines is 1. The van der Waals surface area contributed by atoms with Gasteiger partial charge >= 0.3 is 0 Å². The van der Waals surface area contributed by atoms with Crippen LogP contribution in [0.3, 0.4) is 0 Å². The number of hydrogen-bond donors (Lipinski definition) is 1. The van der Waals surface area contributed by atoms with Crippen LogP contribution in [0.25, 0.3) is 0 Å². The summed E-state index contributed by atoms with van der Waals surface area (Å²) in [6.07, 6.45) is 8.10. The lowest BCUT2D eigenvalue weighted by Crippen LogP contribution is -2.51. The van der Waals surface area contributed by atoms with Crippen LogP contribution in [0, 0.1) is 18.8 Å². The quantitative estimate of drug-likeness (QED) is 0.836. The van der Waals surface area contributed by atoms with Crippen LogP contribution >= 0.6 is 0 Å². The lowest BCUT2D eigenvalue weighted by molar-refractivity contribution is -0.137. The van der Waals surface area contributed by atoms with Gasteiger partial charge in [-0.25, -0.2) is 4.98 Å². The van der Waals surface area contributed by atoms with Crippen molar-refractivity contribution in [2.75, 3.05) is 33.2 Å². The highest BCUT2D eigenvalue weighted by Crippen LogP contribution is 2.32. The Hall–Kier alpha value is -1.89. The molecule has 1 aromatic rings. The summed E-state index contributed by atoms with van der Waals surface area (Å²) >= 11 is 0. The Kier molecular flexibility index (Phi) is 5.71. The van der Waals surface area contributed by atoms with Gasteiger partial charge in [-0.3, -0.25) is 14.5 Å². The molecule has 4 rings (SSSR count). The maximum Gasteiger partial charge on any atom is 0.227 e. The lowest BCUT2D eigenvalue weighted by atomic mass is 9.93. The van der Waals surface area contributed by atoms with E-state index in [0.29, 0.717) is 24.4 Å². The zero-order valence-electron chi connectivity index (χ0n) is 17.2. The topological polar surface area (TPSA) is 72.5 Å². The van der Waals surface area contributed by atoms with E-state index in [2.05, 4.69) is 19.8 Å². The van der Waals surface area contributed by atoms with Gasteiger partial charge in [0.25, 0.3) is 0 Å². The Labute approximate surface area is 167 Å². The predicted molar refractivity (Wildman–Crippen MR) is 106 cm³/mol. The Morgan fingerprint density at radius 3 is 2.54 bits per heavy atom. The van der Waals surface area contributed by atoms with Gasteiger partial charge in [0.2, 0.25) is 11.8 Å². The summed E-state index contributed by atoms with van der Waals surface area (Å²) in [5.41, 5.74) is 1.02. The number of H-pyrrole nitrogens is 1. The van der Waals surface area contributed by atoms with Gasteiger partial charge in [0.05, 0.1) is 12.5 Å². The Balaban J connectivity index is 1.27. The number of imidazole rings is 1. The van der Waals surface area contributed by atoms with E-state index in [9.17, 15) is 9.59 Å². The van der Waals surface area contributed by atoms with Gasteiger partial charge in [0.1, 0.15) is 5.82 Å². The number of aromatic nitrogens is 2. The van der Waals surface area contributed by atoms with Gasteiger partial charge in [0.15, 0.2) is 0 Å². The number of carbonyl (C=O) groups excluding carboxylic acids is 2. The van der Waals surface area contributed by atoms with E-state index in [1.807, 2.05) is 18.9 Å². The third-order valence-corrected chi connectivity index (χ3v) is 6.54. The molecular weight excluding hydrogens is 354 g/mol. The molecule has 0 bridgehead atoms. The molecule has 1 N–H and O–H groups in total. The third-order valence-electron chi connectivity index (χ3n) is 6.54. The first kappa shape index (κ1) is 19.4. The van der Waals surface area contributed by atoms with Crippen LogP contribution in [0.5, 0.6) is 0 Å². The van der Waals surface area contributed by atoms with Crippen LogP contribution in [0.4, 0.5) is 0 Å². The zero-order valence-corrected chi connectivity index (χ0v) is 17.2. The molecule has 1 aliphatic carbocycles. The van der Waals surface area contributed by atoms with E-state index in [1.165, 1.54) is 0 Å². The highest BCUT2D eigenvalue weighted by atomic mass is 16.2. The standard InChI is InChI=1S/C21H33N5O2/c1-15-12-22-19(23-15)14-24(2)20(27)17-4-3-9-26(13-17)18-7-10-25(11-8-18)21(28)16-5-6-16/h12,16-18H,3-11,13-14H2,1-2H3,(H,22,23). The molecule has 0 spiro atoms. The van der Waals surface area contributed by atoms with E-state index >= 15 is 0 Å². The first-order valence-electron chi connectivity index (χ1n) is 10.8. The number of carbonyl (C=O) groups is 2. The van der Waals surface area contributed by atoms with Crippen LogP contribution < -0.4 is 0 Å². The fraction of sp³-hybridized carbons (Fsp3) is 0.762. The Morgan fingerprint density at radius 2 is 1.89 bits per heavy atom. The molecule has 0 radical (unpaired) electrons. The van der Waals surface area contributed by atoms with Crippen molar-refractivity contribution in [2.45, 2.75) is 58.0 Å². The summed E-state index contributed by atoms with van der Waals surface area (Å²) in [6, 6.07) is 0.511. The number of nitrogens with zero attached hydrogens (tertiary/aromatic N) is 4. The molecule has 1 atom stereocenters. The van der Waals surface area contributed by atoms with Crippen molar-refractivity contribution in [2.24, 2.45) is 11.8 Å². The molecule has 0 aromatic carbocycles. The van der Waals surface area contributed by atoms with Crippen molar-refractivity contribution in [3.8, 4) is 0 Å². The molecule has 7 nitrogen and oxygen atoms in total. The minimum atomic E-state index is 0.0703. The maximum atomic E-state index is 13.0. The van der Waals surface area contributed by atoms with Gasteiger partial charge in [0, 0.05) is 50.5 Å². The molecule has 2 saturated heterocycles. The number of amides is 2. The fourth-order valence-electron chi connectivity index (χ4n) is 4.74. The SMILES string of the molecule is Cc1cnc(CN(C)C(=O)C2CCCN(C3CCN(C(=O)C4CC4)CC3)C2)[nH]1. The average Bonchev–Trinajstić information content (AvgIpc) is 3.49. The largest absolute Gasteiger partial charge is 0.345 e. The Morgan fingerprint density at radius 1 is 1.14 bits per heavy atom. The third kappa shape index (κ3) is 4.40. The average molecular weight is 388 g/mol. The molecule has 3 fully saturated rings. The van der Waals surface area contributed by atoms with E-state index in [0.717, 1.165) is 76.2 Å². The first-order valence-corrected chi connectivity index (χ1v) is 10.8. The summed E-state index contributed by atoms with van der Waals surface area (Å²) in [7, 11) is 1.88. The van der Waals surface area contributed by atoms with Crippen molar-refractivity contribution >= 4 is 11.8 Å². The monoisotopic (exact) mass is 387 g/mol.